The van der Waals surface area contributed by atoms with Crippen molar-refractivity contribution in [3.63, 3.8) is 0 Å². The van der Waals surface area contributed by atoms with E-state index in [2.05, 4.69) is 4.74 Å². The lowest BCUT2D eigenvalue weighted by molar-refractivity contribution is -0.140. The van der Waals surface area contributed by atoms with Crippen molar-refractivity contribution in [2.24, 2.45) is 0 Å². The van der Waals surface area contributed by atoms with Crippen LogP contribution in [0.15, 0.2) is 36.4 Å². The Morgan fingerprint density at radius 3 is 2.56 bits per heavy atom. The van der Waals surface area contributed by atoms with Gasteiger partial charge in [0, 0.05) is 10.6 Å². The lowest BCUT2D eigenvalue weighted by Crippen LogP contribution is -2.11. The number of ether oxygens (including phenoxy) is 2. The topological polar surface area (TPSA) is 35.5 Å². The Hall–Kier alpha value is -2.21. The molecule has 0 saturated heterocycles. The van der Waals surface area contributed by atoms with E-state index in [0.29, 0.717) is 21.7 Å². The van der Waals surface area contributed by atoms with E-state index < -0.39 is 17.7 Å². The van der Waals surface area contributed by atoms with Crippen LogP contribution in [-0.4, -0.2) is 13.1 Å². The van der Waals surface area contributed by atoms with Crippen LogP contribution in [0.5, 0.6) is 5.75 Å². The zero-order valence-corrected chi connectivity index (χ0v) is 14.4. The second-order valence-corrected chi connectivity index (χ2v) is 5.82. The molecular weight excluding hydrogens is 357 g/mol. The minimum atomic E-state index is -4.53. The molecule has 0 spiro atoms. The monoisotopic (exact) mass is 372 g/mol. The molecule has 0 radical (unpaired) electrons. The number of rotatable bonds is 5. The first-order valence-electron chi connectivity index (χ1n) is 7.36. The maximum Gasteiger partial charge on any atom is 0.419 e. The molecule has 0 unspecified atom stereocenters. The second kappa shape index (κ2) is 7.78. The molecule has 3 nitrogen and oxygen atoms in total. The van der Waals surface area contributed by atoms with E-state index in [0.717, 1.165) is 6.07 Å². The van der Waals surface area contributed by atoms with E-state index in [4.69, 9.17) is 16.3 Å². The van der Waals surface area contributed by atoms with Crippen LogP contribution in [0.25, 0.3) is 0 Å². The first-order valence-corrected chi connectivity index (χ1v) is 7.74. The summed E-state index contributed by atoms with van der Waals surface area (Å²) < 4.78 is 49.5. The van der Waals surface area contributed by atoms with Gasteiger partial charge < -0.3 is 9.47 Å². The number of alkyl halides is 3. The van der Waals surface area contributed by atoms with Crippen molar-refractivity contribution in [1.29, 1.82) is 0 Å². The largest absolute Gasteiger partial charge is 0.488 e. The fraction of sp³-hybridized carbons (Fsp3) is 0.278. The normalized spacial score (nSPS) is 11.3. The van der Waals surface area contributed by atoms with Crippen LogP contribution < -0.4 is 4.74 Å². The number of aryl methyl sites for hydroxylation is 1. The number of methoxy groups -OCH3 is 1. The number of halogens is 4. The smallest absolute Gasteiger partial charge is 0.419 e. The standard InChI is InChI=1S/C18H16ClF3O3/c1-11-6-7-16(14(8-11)18(20,21)22)25-10-13-12(9-17(23)24-2)4-3-5-15(13)19/h3-8H,9-10H2,1-2H3. The van der Waals surface area contributed by atoms with E-state index in [9.17, 15) is 18.0 Å². The fourth-order valence-electron chi connectivity index (χ4n) is 2.30. The lowest BCUT2D eigenvalue weighted by atomic mass is 10.0. The van der Waals surface area contributed by atoms with Crippen molar-refractivity contribution >= 4 is 17.6 Å². The number of hydrogen-bond acceptors (Lipinski definition) is 3. The molecule has 0 aliphatic rings. The van der Waals surface area contributed by atoms with Gasteiger partial charge in [0.05, 0.1) is 19.1 Å². The molecule has 0 bridgehead atoms. The molecule has 7 heteroatoms. The third kappa shape index (κ3) is 4.89. The average molecular weight is 373 g/mol. The van der Waals surface area contributed by atoms with Gasteiger partial charge in [0.2, 0.25) is 0 Å². The van der Waals surface area contributed by atoms with Gasteiger partial charge in [-0.1, -0.05) is 35.4 Å². The SMILES string of the molecule is COC(=O)Cc1cccc(Cl)c1COc1ccc(C)cc1C(F)(F)F. The number of carbonyl (C=O) groups is 1. The molecule has 2 aromatic carbocycles. The summed E-state index contributed by atoms with van der Waals surface area (Å²) in [7, 11) is 1.25. The van der Waals surface area contributed by atoms with Gasteiger partial charge in [0.1, 0.15) is 12.4 Å². The minimum Gasteiger partial charge on any atom is -0.488 e. The molecule has 0 saturated carbocycles. The summed E-state index contributed by atoms with van der Waals surface area (Å²) in [6.45, 7) is 1.37. The van der Waals surface area contributed by atoms with Crippen LogP contribution in [-0.2, 0) is 28.7 Å². The van der Waals surface area contributed by atoms with Crippen molar-refractivity contribution in [2.75, 3.05) is 7.11 Å². The zero-order chi connectivity index (χ0) is 18.6. The molecular formula is C18H16ClF3O3. The summed E-state index contributed by atoms with van der Waals surface area (Å²) in [6, 6.07) is 8.72. The van der Waals surface area contributed by atoms with Gasteiger partial charge in [0.25, 0.3) is 0 Å². The molecule has 2 rings (SSSR count). The molecule has 0 aromatic heterocycles. The summed E-state index contributed by atoms with van der Waals surface area (Å²) in [5.41, 5.74) is 0.612. The molecule has 25 heavy (non-hydrogen) atoms. The highest BCUT2D eigenvalue weighted by molar-refractivity contribution is 6.31. The number of hydrogen-bond donors (Lipinski definition) is 0. The van der Waals surface area contributed by atoms with Crippen molar-refractivity contribution in [3.05, 3.63) is 63.7 Å². The van der Waals surface area contributed by atoms with E-state index in [-0.39, 0.29) is 18.8 Å². The Morgan fingerprint density at radius 1 is 1.20 bits per heavy atom. The van der Waals surface area contributed by atoms with Gasteiger partial charge in [-0.05, 0) is 30.7 Å². The Bertz CT molecular complexity index is 773. The van der Waals surface area contributed by atoms with Gasteiger partial charge in [0.15, 0.2) is 0 Å². The third-order valence-electron chi connectivity index (χ3n) is 3.59. The maximum absolute atomic E-state index is 13.2. The van der Waals surface area contributed by atoms with Crippen LogP contribution in [0.2, 0.25) is 5.02 Å². The second-order valence-electron chi connectivity index (χ2n) is 5.42. The van der Waals surface area contributed by atoms with Gasteiger partial charge in [-0.2, -0.15) is 13.2 Å². The van der Waals surface area contributed by atoms with E-state index in [1.54, 1.807) is 25.1 Å². The van der Waals surface area contributed by atoms with Gasteiger partial charge in [-0.15, -0.1) is 0 Å². The van der Waals surface area contributed by atoms with E-state index in [1.165, 1.54) is 19.2 Å². The Morgan fingerprint density at radius 2 is 1.92 bits per heavy atom. The predicted octanol–water partition coefficient (Wildman–Crippen LogP) is 4.96. The molecule has 0 aliphatic carbocycles. The van der Waals surface area contributed by atoms with Crippen LogP contribution in [0, 0.1) is 6.92 Å². The Labute approximate surface area is 148 Å². The highest BCUT2D eigenvalue weighted by Crippen LogP contribution is 2.37. The van der Waals surface area contributed by atoms with Gasteiger partial charge in [-0.3, -0.25) is 4.79 Å². The van der Waals surface area contributed by atoms with Gasteiger partial charge >= 0.3 is 12.1 Å². The number of carbonyl (C=O) groups excluding carboxylic acids is 1. The molecule has 0 amide bonds. The van der Waals surface area contributed by atoms with E-state index in [1.807, 2.05) is 0 Å². The lowest BCUT2D eigenvalue weighted by Gasteiger charge is -2.16. The van der Waals surface area contributed by atoms with Crippen molar-refractivity contribution in [2.45, 2.75) is 26.1 Å². The predicted molar refractivity (Wildman–Crippen MR) is 87.7 cm³/mol. The fourth-order valence-corrected chi connectivity index (χ4v) is 2.55. The minimum absolute atomic E-state index is 0.0459. The van der Waals surface area contributed by atoms with Crippen molar-refractivity contribution in [3.8, 4) is 5.75 Å². The molecule has 2 aromatic rings. The third-order valence-corrected chi connectivity index (χ3v) is 3.94. The highest BCUT2D eigenvalue weighted by atomic mass is 35.5. The maximum atomic E-state index is 13.2. The summed E-state index contributed by atoms with van der Waals surface area (Å²) in [5, 5.41) is 0.307. The van der Waals surface area contributed by atoms with E-state index >= 15 is 0 Å². The molecule has 0 atom stereocenters. The Balaban J connectivity index is 2.29. The molecule has 0 fully saturated rings. The summed E-state index contributed by atoms with van der Waals surface area (Å²) in [6.07, 6.45) is -4.58. The average Bonchev–Trinajstić information content (AvgIpc) is 2.54. The molecule has 0 heterocycles. The zero-order valence-electron chi connectivity index (χ0n) is 13.6. The Kier molecular flexibility index (Phi) is 5.95. The first kappa shape index (κ1) is 19.1. The van der Waals surface area contributed by atoms with Crippen molar-refractivity contribution < 1.29 is 27.4 Å². The number of esters is 1. The number of benzene rings is 2. The quantitative estimate of drug-likeness (QED) is 0.696. The molecule has 134 valence electrons. The molecule has 0 aliphatic heterocycles. The highest BCUT2D eigenvalue weighted by Gasteiger charge is 2.34. The summed E-state index contributed by atoms with van der Waals surface area (Å²) in [4.78, 5) is 11.5. The molecule has 0 N–H and O–H groups in total. The summed E-state index contributed by atoms with van der Waals surface area (Å²) >= 11 is 6.12. The first-order chi connectivity index (χ1) is 11.7. The van der Waals surface area contributed by atoms with Crippen LogP contribution >= 0.6 is 11.6 Å². The van der Waals surface area contributed by atoms with Crippen LogP contribution in [0.4, 0.5) is 13.2 Å². The van der Waals surface area contributed by atoms with Gasteiger partial charge in [-0.25, -0.2) is 0 Å². The van der Waals surface area contributed by atoms with Crippen molar-refractivity contribution in [1.82, 2.24) is 0 Å². The van der Waals surface area contributed by atoms with Crippen LogP contribution in [0.3, 0.4) is 0 Å². The summed E-state index contributed by atoms with van der Waals surface area (Å²) in [5.74, 6) is -0.767. The van der Waals surface area contributed by atoms with Crippen LogP contribution in [0.1, 0.15) is 22.3 Å².